The van der Waals surface area contributed by atoms with E-state index in [2.05, 4.69) is 10.3 Å². The van der Waals surface area contributed by atoms with E-state index in [0.29, 0.717) is 37.9 Å². The number of thiazole rings is 1. The number of halogens is 2. The van der Waals surface area contributed by atoms with Gasteiger partial charge in [-0.15, -0.1) is 0 Å². The number of fused-ring (bicyclic) bond motifs is 1. The first-order valence-electron chi connectivity index (χ1n) is 7.54. The lowest BCUT2D eigenvalue weighted by Gasteiger charge is -2.16. The Morgan fingerprint density at radius 3 is 2.73 bits per heavy atom. The zero-order valence-electron chi connectivity index (χ0n) is 13.9. The van der Waals surface area contributed by atoms with Crippen molar-refractivity contribution in [3.63, 3.8) is 0 Å². The number of methoxy groups -OCH3 is 1. The molecule has 0 aliphatic carbocycles. The van der Waals surface area contributed by atoms with Gasteiger partial charge < -0.3 is 20.5 Å². The number of nitrogens with zero attached hydrogens (tertiary/aromatic N) is 1. The van der Waals surface area contributed by atoms with Gasteiger partial charge in [-0.2, -0.15) is 0 Å². The van der Waals surface area contributed by atoms with Crippen molar-refractivity contribution in [2.24, 2.45) is 0 Å². The summed E-state index contributed by atoms with van der Waals surface area (Å²) in [7, 11) is 1.53. The second kappa shape index (κ2) is 7.57. The first-order valence-corrected chi connectivity index (χ1v) is 9.11. The molecule has 0 saturated carbocycles. The van der Waals surface area contributed by atoms with Crippen LogP contribution in [0.2, 0.25) is 10.0 Å². The quantitative estimate of drug-likeness (QED) is 0.640. The standard InChI is InChI=1S/C17H15Cl2N3O3S/c1-8(25-12-4-3-9(18)5-11(12)19)16(23)21-10-6-13(24-2)15-14(7-10)26-17(20)22-15/h3-8H,1-2H3,(H2,20,22)(H,21,23)/t8-/m0/s1. The predicted molar refractivity (Wildman–Crippen MR) is 106 cm³/mol. The minimum Gasteiger partial charge on any atom is -0.494 e. The molecule has 0 fully saturated rings. The Morgan fingerprint density at radius 2 is 2.04 bits per heavy atom. The third kappa shape index (κ3) is 3.95. The fraction of sp³-hybridized carbons (Fsp3) is 0.176. The van der Waals surface area contributed by atoms with Crippen LogP contribution in [0.3, 0.4) is 0 Å². The van der Waals surface area contributed by atoms with Gasteiger partial charge in [0.05, 0.1) is 16.8 Å². The summed E-state index contributed by atoms with van der Waals surface area (Å²) in [6.07, 6.45) is -0.776. The fourth-order valence-electron chi connectivity index (χ4n) is 2.30. The minimum atomic E-state index is -0.776. The Labute approximate surface area is 163 Å². The molecule has 3 aromatic rings. The van der Waals surface area contributed by atoms with Gasteiger partial charge in [0.2, 0.25) is 0 Å². The number of nitrogens with one attached hydrogen (secondary N) is 1. The lowest BCUT2D eigenvalue weighted by Crippen LogP contribution is -2.30. The molecule has 9 heteroatoms. The zero-order valence-corrected chi connectivity index (χ0v) is 16.2. The molecule has 0 bridgehead atoms. The van der Waals surface area contributed by atoms with E-state index < -0.39 is 6.10 Å². The van der Waals surface area contributed by atoms with Crippen molar-refractivity contribution < 1.29 is 14.3 Å². The molecular formula is C17H15Cl2N3O3S. The average Bonchev–Trinajstić information content (AvgIpc) is 2.96. The summed E-state index contributed by atoms with van der Waals surface area (Å²) in [6.45, 7) is 1.63. The lowest BCUT2D eigenvalue weighted by molar-refractivity contribution is -0.122. The molecule has 1 amide bonds. The summed E-state index contributed by atoms with van der Waals surface area (Å²) in [5.41, 5.74) is 6.96. The number of aromatic nitrogens is 1. The highest BCUT2D eigenvalue weighted by atomic mass is 35.5. The van der Waals surface area contributed by atoms with Gasteiger partial charge in [-0.05, 0) is 31.2 Å². The number of nitrogens with two attached hydrogens (primary N) is 1. The largest absolute Gasteiger partial charge is 0.494 e. The van der Waals surface area contributed by atoms with Crippen LogP contribution in [0.5, 0.6) is 11.5 Å². The summed E-state index contributed by atoms with van der Waals surface area (Å²) in [5, 5.41) is 4.04. The van der Waals surface area contributed by atoms with Gasteiger partial charge in [-0.1, -0.05) is 34.5 Å². The molecule has 3 N–H and O–H groups in total. The molecule has 0 aliphatic rings. The molecular weight excluding hydrogens is 397 g/mol. The number of rotatable bonds is 5. The first kappa shape index (κ1) is 18.6. The van der Waals surface area contributed by atoms with E-state index in [4.69, 9.17) is 38.4 Å². The Bertz CT molecular complexity index is 977. The van der Waals surface area contributed by atoms with Gasteiger partial charge in [0, 0.05) is 16.8 Å². The number of ether oxygens (including phenoxy) is 2. The maximum absolute atomic E-state index is 12.5. The topological polar surface area (TPSA) is 86.5 Å². The maximum atomic E-state index is 12.5. The number of anilines is 2. The third-order valence-electron chi connectivity index (χ3n) is 3.53. The van der Waals surface area contributed by atoms with E-state index in [1.165, 1.54) is 18.4 Å². The predicted octanol–water partition coefficient (Wildman–Crippen LogP) is 4.60. The molecule has 1 atom stereocenters. The Balaban J connectivity index is 1.77. The molecule has 0 saturated heterocycles. The van der Waals surface area contributed by atoms with Crippen LogP contribution in [-0.4, -0.2) is 24.1 Å². The maximum Gasteiger partial charge on any atom is 0.265 e. The van der Waals surface area contributed by atoms with Crippen LogP contribution in [0, 0.1) is 0 Å². The van der Waals surface area contributed by atoms with Crippen molar-refractivity contribution in [3.05, 3.63) is 40.4 Å². The molecule has 3 rings (SSSR count). The molecule has 26 heavy (non-hydrogen) atoms. The highest BCUT2D eigenvalue weighted by Crippen LogP contribution is 2.34. The van der Waals surface area contributed by atoms with Crippen molar-refractivity contribution >= 4 is 61.5 Å². The number of carbonyl (C=O) groups is 1. The molecule has 2 aromatic carbocycles. The van der Waals surface area contributed by atoms with Crippen molar-refractivity contribution in [1.82, 2.24) is 4.98 Å². The van der Waals surface area contributed by atoms with Crippen LogP contribution in [0.15, 0.2) is 30.3 Å². The number of amides is 1. The highest BCUT2D eigenvalue weighted by Gasteiger charge is 2.18. The van der Waals surface area contributed by atoms with Crippen LogP contribution in [0.1, 0.15) is 6.92 Å². The highest BCUT2D eigenvalue weighted by molar-refractivity contribution is 7.22. The molecule has 6 nitrogen and oxygen atoms in total. The van der Waals surface area contributed by atoms with Crippen LogP contribution in [-0.2, 0) is 4.79 Å². The number of benzene rings is 2. The average molecular weight is 412 g/mol. The summed E-state index contributed by atoms with van der Waals surface area (Å²) in [6, 6.07) is 8.27. The molecule has 0 unspecified atom stereocenters. The molecule has 0 spiro atoms. The smallest absolute Gasteiger partial charge is 0.265 e. The monoisotopic (exact) mass is 411 g/mol. The second-order valence-corrected chi connectivity index (χ2v) is 7.31. The number of hydrogen-bond acceptors (Lipinski definition) is 6. The van der Waals surface area contributed by atoms with Crippen LogP contribution >= 0.6 is 34.5 Å². The van der Waals surface area contributed by atoms with E-state index in [-0.39, 0.29) is 5.91 Å². The zero-order chi connectivity index (χ0) is 18.8. The summed E-state index contributed by atoms with van der Waals surface area (Å²) >= 11 is 13.2. The van der Waals surface area contributed by atoms with Crippen molar-refractivity contribution in [2.45, 2.75) is 13.0 Å². The van der Waals surface area contributed by atoms with E-state index in [1.807, 2.05) is 0 Å². The van der Waals surface area contributed by atoms with Crippen molar-refractivity contribution in [1.29, 1.82) is 0 Å². The van der Waals surface area contributed by atoms with Crippen LogP contribution in [0.4, 0.5) is 10.8 Å². The van der Waals surface area contributed by atoms with Crippen LogP contribution < -0.4 is 20.5 Å². The van der Waals surface area contributed by atoms with Gasteiger partial charge in [-0.3, -0.25) is 4.79 Å². The fourth-order valence-corrected chi connectivity index (χ4v) is 3.55. The van der Waals surface area contributed by atoms with Crippen molar-refractivity contribution in [2.75, 3.05) is 18.2 Å². The van der Waals surface area contributed by atoms with Gasteiger partial charge in [-0.25, -0.2) is 4.98 Å². The minimum absolute atomic E-state index is 0.334. The molecule has 1 heterocycles. The number of carbonyl (C=O) groups excluding carboxylic acids is 1. The van der Waals surface area contributed by atoms with E-state index >= 15 is 0 Å². The molecule has 136 valence electrons. The second-order valence-electron chi connectivity index (χ2n) is 5.40. The normalized spacial score (nSPS) is 12.0. The van der Waals surface area contributed by atoms with Crippen LogP contribution in [0.25, 0.3) is 10.2 Å². The van der Waals surface area contributed by atoms with E-state index in [9.17, 15) is 4.79 Å². The summed E-state index contributed by atoms with van der Waals surface area (Å²) in [4.78, 5) is 16.7. The first-order chi connectivity index (χ1) is 12.4. The van der Waals surface area contributed by atoms with Gasteiger partial charge >= 0.3 is 0 Å². The summed E-state index contributed by atoms with van der Waals surface area (Å²) < 4.78 is 11.8. The Morgan fingerprint density at radius 1 is 1.27 bits per heavy atom. The van der Waals surface area contributed by atoms with Crippen molar-refractivity contribution in [3.8, 4) is 11.5 Å². The Hall–Kier alpha value is -2.22. The van der Waals surface area contributed by atoms with E-state index in [1.54, 1.807) is 37.3 Å². The third-order valence-corrected chi connectivity index (χ3v) is 4.89. The number of nitrogen functional groups attached to an aromatic ring is 1. The van der Waals surface area contributed by atoms with E-state index in [0.717, 1.165) is 4.70 Å². The molecule has 0 radical (unpaired) electrons. The molecule has 1 aromatic heterocycles. The number of hydrogen-bond donors (Lipinski definition) is 2. The lowest BCUT2D eigenvalue weighted by atomic mass is 10.2. The van der Waals surface area contributed by atoms with Gasteiger partial charge in [0.1, 0.15) is 17.0 Å². The molecule has 0 aliphatic heterocycles. The SMILES string of the molecule is COc1cc(NC(=O)[C@H](C)Oc2ccc(Cl)cc2Cl)cc2sc(N)nc12. The Kier molecular flexibility index (Phi) is 5.41. The van der Waals surface area contributed by atoms with Gasteiger partial charge in [0.25, 0.3) is 5.91 Å². The summed E-state index contributed by atoms with van der Waals surface area (Å²) in [5.74, 6) is 0.567. The van der Waals surface area contributed by atoms with Gasteiger partial charge in [0.15, 0.2) is 11.2 Å².